The minimum Gasteiger partial charge on any atom is -0.481 e. The average molecular weight is 249 g/mol. The maximum Gasteiger partial charge on any atom is 0.311 e. The molecule has 1 aromatic carbocycles. The number of nitrogens with two attached hydrogens (primary N) is 1. The normalized spacial score (nSPS) is 14.5. The Morgan fingerprint density at radius 3 is 2.44 bits per heavy atom. The van der Waals surface area contributed by atoms with Gasteiger partial charge in [-0.05, 0) is 30.4 Å². The zero-order valence-electron chi connectivity index (χ0n) is 11.6. The van der Waals surface area contributed by atoms with E-state index in [0.717, 1.165) is 17.5 Å². The second-order valence-electron chi connectivity index (χ2n) is 5.26. The number of rotatable bonds is 5. The van der Waals surface area contributed by atoms with Gasteiger partial charge in [0.1, 0.15) is 0 Å². The fraction of sp³-hybridized carbons (Fsp3) is 0.533. The first-order valence-electron chi connectivity index (χ1n) is 6.47. The summed E-state index contributed by atoms with van der Waals surface area (Å²) < 4.78 is 0. The summed E-state index contributed by atoms with van der Waals surface area (Å²) >= 11 is 0. The third kappa shape index (κ3) is 3.03. The van der Waals surface area contributed by atoms with Gasteiger partial charge in [0.15, 0.2) is 0 Å². The van der Waals surface area contributed by atoms with E-state index in [1.807, 2.05) is 26.0 Å². The molecule has 0 bridgehead atoms. The third-order valence-corrected chi connectivity index (χ3v) is 3.60. The van der Waals surface area contributed by atoms with Crippen molar-refractivity contribution in [1.29, 1.82) is 0 Å². The van der Waals surface area contributed by atoms with Crippen LogP contribution >= 0.6 is 0 Å². The van der Waals surface area contributed by atoms with Gasteiger partial charge in [0.05, 0.1) is 5.92 Å². The van der Waals surface area contributed by atoms with Crippen LogP contribution in [0, 0.1) is 18.8 Å². The van der Waals surface area contributed by atoms with Gasteiger partial charge in [0, 0.05) is 5.69 Å². The molecule has 0 aliphatic carbocycles. The molecule has 0 aliphatic rings. The van der Waals surface area contributed by atoms with Crippen LogP contribution in [0.1, 0.15) is 44.2 Å². The summed E-state index contributed by atoms with van der Waals surface area (Å²) in [5.41, 5.74) is 8.33. The molecule has 1 rings (SSSR count). The standard InChI is InChI=1S/C15H23NO2/c1-5-11(9(2)3)14(15(17)18)12-8-10(4)6-7-13(12)16/h6-9,11,14H,5,16H2,1-4H3,(H,17,18). The second kappa shape index (κ2) is 5.89. The van der Waals surface area contributed by atoms with Crippen molar-refractivity contribution in [1.82, 2.24) is 0 Å². The molecule has 0 fully saturated rings. The van der Waals surface area contributed by atoms with Crippen molar-refractivity contribution in [3.63, 3.8) is 0 Å². The van der Waals surface area contributed by atoms with Crippen LogP contribution in [0.4, 0.5) is 5.69 Å². The quantitative estimate of drug-likeness (QED) is 0.786. The molecule has 3 N–H and O–H groups in total. The lowest BCUT2D eigenvalue weighted by Gasteiger charge is -2.27. The molecule has 2 atom stereocenters. The van der Waals surface area contributed by atoms with Crippen LogP contribution in [0.15, 0.2) is 18.2 Å². The Balaban J connectivity index is 3.27. The van der Waals surface area contributed by atoms with E-state index in [1.54, 1.807) is 6.07 Å². The molecule has 0 aromatic heterocycles. The lowest BCUT2D eigenvalue weighted by Crippen LogP contribution is -2.26. The van der Waals surface area contributed by atoms with Crippen molar-refractivity contribution in [2.45, 2.75) is 40.0 Å². The zero-order valence-corrected chi connectivity index (χ0v) is 11.6. The van der Waals surface area contributed by atoms with Crippen molar-refractivity contribution >= 4 is 11.7 Å². The van der Waals surface area contributed by atoms with E-state index >= 15 is 0 Å². The highest BCUT2D eigenvalue weighted by Gasteiger charge is 2.32. The average Bonchev–Trinajstić information content (AvgIpc) is 2.28. The van der Waals surface area contributed by atoms with Crippen LogP contribution in [0.3, 0.4) is 0 Å². The van der Waals surface area contributed by atoms with Crippen molar-refractivity contribution in [3.8, 4) is 0 Å². The van der Waals surface area contributed by atoms with E-state index < -0.39 is 11.9 Å². The number of aryl methyl sites for hydroxylation is 1. The van der Waals surface area contributed by atoms with E-state index in [1.165, 1.54) is 0 Å². The minimum atomic E-state index is -0.784. The smallest absolute Gasteiger partial charge is 0.311 e. The Hall–Kier alpha value is -1.51. The van der Waals surface area contributed by atoms with Gasteiger partial charge in [-0.15, -0.1) is 0 Å². The second-order valence-corrected chi connectivity index (χ2v) is 5.26. The Kier molecular flexibility index (Phi) is 4.76. The van der Waals surface area contributed by atoms with Gasteiger partial charge in [-0.25, -0.2) is 0 Å². The molecule has 0 saturated heterocycles. The Morgan fingerprint density at radius 1 is 1.39 bits per heavy atom. The molecule has 100 valence electrons. The summed E-state index contributed by atoms with van der Waals surface area (Å²) in [6.07, 6.45) is 0.835. The first kappa shape index (κ1) is 14.6. The number of aliphatic carboxylic acids is 1. The summed E-state index contributed by atoms with van der Waals surface area (Å²) in [5, 5.41) is 9.54. The van der Waals surface area contributed by atoms with Crippen molar-refractivity contribution in [2.75, 3.05) is 5.73 Å². The third-order valence-electron chi connectivity index (χ3n) is 3.60. The van der Waals surface area contributed by atoms with Gasteiger partial charge < -0.3 is 10.8 Å². The number of carbonyl (C=O) groups is 1. The van der Waals surface area contributed by atoms with Gasteiger partial charge in [-0.2, -0.15) is 0 Å². The minimum absolute atomic E-state index is 0.103. The number of carboxylic acid groups (broad SMARTS) is 1. The van der Waals surface area contributed by atoms with E-state index in [0.29, 0.717) is 11.6 Å². The Bertz CT molecular complexity index is 427. The van der Waals surface area contributed by atoms with E-state index in [4.69, 9.17) is 5.73 Å². The highest BCUT2D eigenvalue weighted by molar-refractivity contribution is 5.79. The Labute approximate surface area is 109 Å². The van der Waals surface area contributed by atoms with Gasteiger partial charge in [-0.1, -0.05) is 44.9 Å². The summed E-state index contributed by atoms with van der Waals surface area (Å²) in [6, 6.07) is 5.61. The number of carboxylic acids is 1. The van der Waals surface area contributed by atoms with Crippen LogP contribution in [-0.4, -0.2) is 11.1 Å². The van der Waals surface area contributed by atoms with Crippen LogP contribution in [-0.2, 0) is 4.79 Å². The topological polar surface area (TPSA) is 63.3 Å². The highest BCUT2D eigenvalue weighted by atomic mass is 16.4. The fourth-order valence-electron chi connectivity index (χ4n) is 2.60. The number of hydrogen-bond acceptors (Lipinski definition) is 2. The molecule has 1 aromatic rings. The van der Waals surface area contributed by atoms with E-state index in [-0.39, 0.29) is 5.92 Å². The summed E-state index contributed by atoms with van der Waals surface area (Å²) in [6.45, 7) is 8.12. The first-order valence-corrected chi connectivity index (χ1v) is 6.47. The molecule has 0 radical (unpaired) electrons. The monoisotopic (exact) mass is 249 g/mol. The first-order chi connectivity index (χ1) is 8.38. The molecule has 0 saturated carbocycles. The van der Waals surface area contributed by atoms with Crippen LogP contribution in [0.5, 0.6) is 0 Å². The van der Waals surface area contributed by atoms with Crippen LogP contribution in [0.2, 0.25) is 0 Å². The van der Waals surface area contributed by atoms with Gasteiger partial charge in [0.25, 0.3) is 0 Å². The van der Waals surface area contributed by atoms with Gasteiger partial charge in [-0.3, -0.25) is 4.79 Å². The maximum absolute atomic E-state index is 11.6. The zero-order chi connectivity index (χ0) is 13.9. The van der Waals surface area contributed by atoms with E-state index in [2.05, 4.69) is 13.8 Å². The molecule has 3 nitrogen and oxygen atoms in total. The molecular formula is C15H23NO2. The Morgan fingerprint density at radius 2 is 2.00 bits per heavy atom. The van der Waals surface area contributed by atoms with Crippen molar-refractivity contribution in [3.05, 3.63) is 29.3 Å². The van der Waals surface area contributed by atoms with Crippen LogP contribution < -0.4 is 5.73 Å². The van der Waals surface area contributed by atoms with Crippen molar-refractivity contribution < 1.29 is 9.90 Å². The predicted octanol–water partition coefficient (Wildman–Crippen LogP) is 3.43. The largest absolute Gasteiger partial charge is 0.481 e. The summed E-state index contributed by atoms with van der Waals surface area (Å²) in [7, 11) is 0. The molecule has 0 spiro atoms. The number of anilines is 1. The maximum atomic E-state index is 11.6. The molecule has 0 heterocycles. The molecular weight excluding hydrogens is 226 g/mol. The number of nitrogen functional groups attached to an aromatic ring is 1. The molecule has 0 amide bonds. The SMILES string of the molecule is CCC(C(C)C)C(C(=O)O)c1cc(C)ccc1N. The predicted molar refractivity (Wildman–Crippen MR) is 74.6 cm³/mol. The summed E-state index contributed by atoms with van der Waals surface area (Å²) in [4.78, 5) is 11.6. The summed E-state index contributed by atoms with van der Waals surface area (Å²) in [5.74, 6) is -0.884. The lowest BCUT2D eigenvalue weighted by atomic mass is 9.77. The van der Waals surface area contributed by atoms with E-state index in [9.17, 15) is 9.90 Å². The fourth-order valence-corrected chi connectivity index (χ4v) is 2.60. The highest BCUT2D eigenvalue weighted by Crippen LogP contribution is 2.36. The van der Waals surface area contributed by atoms with Gasteiger partial charge in [0.2, 0.25) is 0 Å². The number of benzene rings is 1. The molecule has 3 heteroatoms. The molecule has 2 unspecified atom stereocenters. The van der Waals surface area contributed by atoms with Crippen molar-refractivity contribution in [2.24, 2.45) is 11.8 Å². The molecule has 18 heavy (non-hydrogen) atoms. The lowest BCUT2D eigenvalue weighted by molar-refractivity contribution is -0.140. The van der Waals surface area contributed by atoms with Gasteiger partial charge >= 0.3 is 5.97 Å². The van der Waals surface area contributed by atoms with Crippen LogP contribution in [0.25, 0.3) is 0 Å². The molecule has 0 aliphatic heterocycles. The number of hydrogen-bond donors (Lipinski definition) is 2.